The zero-order valence-corrected chi connectivity index (χ0v) is 13.4. The summed E-state index contributed by atoms with van der Waals surface area (Å²) in [6.07, 6.45) is 0.828. The summed E-state index contributed by atoms with van der Waals surface area (Å²) in [5, 5.41) is 0. The van der Waals surface area contributed by atoms with Crippen LogP contribution in [0.1, 0.15) is 29.3 Å². The SMILES string of the molecule is CC(=O)N1CCCN(C(=O)c2ccc(C)cc2Br)CC1. The Morgan fingerprint density at radius 2 is 1.75 bits per heavy atom. The average molecular weight is 339 g/mol. The maximum absolute atomic E-state index is 12.6. The average Bonchev–Trinajstić information content (AvgIpc) is 2.63. The molecule has 5 heteroatoms. The van der Waals surface area contributed by atoms with Crippen molar-refractivity contribution in [2.45, 2.75) is 20.3 Å². The summed E-state index contributed by atoms with van der Waals surface area (Å²) in [6.45, 7) is 6.21. The Hall–Kier alpha value is -1.36. The summed E-state index contributed by atoms with van der Waals surface area (Å²) < 4.78 is 0.829. The molecule has 0 unspecified atom stereocenters. The second-order valence-corrected chi connectivity index (χ2v) is 5.99. The molecule has 1 aliphatic rings. The number of halogens is 1. The molecule has 0 N–H and O–H groups in total. The number of amides is 2. The fourth-order valence-electron chi connectivity index (χ4n) is 2.40. The molecule has 1 aromatic rings. The number of benzene rings is 1. The number of carbonyl (C=O) groups excluding carboxylic acids is 2. The zero-order chi connectivity index (χ0) is 14.7. The topological polar surface area (TPSA) is 40.6 Å². The predicted molar refractivity (Wildman–Crippen MR) is 81.7 cm³/mol. The second-order valence-electron chi connectivity index (χ2n) is 5.14. The van der Waals surface area contributed by atoms with Gasteiger partial charge in [-0.1, -0.05) is 6.07 Å². The molecule has 2 amide bonds. The summed E-state index contributed by atoms with van der Waals surface area (Å²) in [7, 11) is 0. The van der Waals surface area contributed by atoms with E-state index in [0.29, 0.717) is 25.2 Å². The van der Waals surface area contributed by atoms with Crippen molar-refractivity contribution in [3.05, 3.63) is 33.8 Å². The van der Waals surface area contributed by atoms with Crippen LogP contribution in [-0.2, 0) is 4.79 Å². The van der Waals surface area contributed by atoms with E-state index in [2.05, 4.69) is 15.9 Å². The van der Waals surface area contributed by atoms with Gasteiger partial charge in [-0.05, 0) is 47.0 Å². The largest absolute Gasteiger partial charge is 0.341 e. The molecule has 108 valence electrons. The summed E-state index contributed by atoms with van der Waals surface area (Å²) in [5.74, 6) is 0.109. The van der Waals surface area contributed by atoms with Crippen molar-refractivity contribution in [3.8, 4) is 0 Å². The van der Waals surface area contributed by atoms with Crippen molar-refractivity contribution in [2.24, 2.45) is 0 Å². The lowest BCUT2D eigenvalue weighted by molar-refractivity contribution is -0.128. The molecule has 1 saturated heterocycles. The first-order valence-corrected chi connectivity index (χ1v) is 7.59. The summed E-state index contributed by atoms with van der Waals surface area (Å²) in [4.78, 5) is 27.6. The van der Waals surface area contributed by atoms with E-state index in [1.165, 1.54) is 0 Å². The maximum Gasteiger partial charge on any atom is 0.255 e. The highest BCUT2D eigenvalue weighted by atomic mass is 79.9. The van der Waals surface area contributed by atoms with Crippen LogP contribution in [0.4, 0.5) is 0 Å². The van der Waals surface area contributed by atoms with Crippen LogP contribution in [0.2, 0.25) is 0 Å². The first kappa shape index (κ1) is 15.0. The standard InChI is InChI=1S/C15H19BrN2O2/c1-11-4-5-13(14(16)10-11)15(20)18-7-3-6-17(8-9-18)12(2)19/h4-5,10H,3,6-9H2,1-2H3. The van der Waals surface area contributed by atoms with E-state index < -0.39 is 0 Å². The molecule has 0 aliphatic carbocycles. The van der Waals surface area contributed by atoms with E-state index in [9.17, 15) is 9.59 Å². The zero-order valence-electron chi connectivity index (χ0n) is 11.9. The predicted octanol–water partition coefficient (Wildman–Crippen LogP) is 2.45. The fraction of sp³-hybridized carbons (Fsp3) is 0.467. The van der Waals surface area contributed by atoms with Crippen molar-refractivity contribution in [1.82, 2.24) is 9.80 Å². The van der Waals surface area contributed by atoms with Gasteiger partial charge in [0, 0.05) is 37.6 Å². The third-order valence-corrected chi connectivity index (χ3v) is 4.24. The normalized spacial score (nSPS) is 15.9. The van der Waals surface area contributed by atoms with Crippen LogP contribution in [0.15, 0.2) is 22.7 Å². The fourth-order valence-corrected chi connectivity index (χ4v) is 3.06. The second kappa shape index (κ2) is 6.39. The van der Waals surface area contributed by atoms with Gasteiger partial charge in [0.15, 0.2) is 0 Å². The van der Waals surface area contributed by atoms with Gasteiger partial charge in [0.2, 0.25) is 5.91 Å². The number of carbonyl (C=O) groups is 2. The van der Waals surface area contributed by atoms with Gasteiger partial charge in [-0.15, -0.1) is 0 Å². The lowest BCUT2D eigenvalue weighted by atomic mass is 10.1. The summed E-state index contributed by atoms with van der Waals surface area (Å²) in [6, 6.07) is 5.75. The Kier molecular flexibility index (Phi) is 4.81. The Balaban J connectivity index is 2.11. The van der Waals surface area contributed by atoms with Crippen LogP contribution in [0.5, 0.6) is 0 Å². The van der Waals surface area contributed by atoms with Gasteiger partial charge >= 0.3 is 0 Å². The molecule has 1 fully saturated rings. The van der Waals surface area contributed by atoms with Crippen LogP contribution in [0.25, 0.3) is 0 Å². The highest BCUT2D eigenvalue weighted by Gasteiger charge is 2.22. The van der Waals surface area contributed by atoms with Crippen LogP contribution in [-0.4, -0.2) is 47.8 Å². The quantitative estimate of drug-likeness (QED) is 0.789. The van der Waals surface area contributed by atoms with Gasteiger partial charge in [-0.3, -0.25) is 9.59 Å². The monoisotopic (exact) mass is 338 g/mol. The van der Waals surface area contributed by atoms with Gasteiger partial charge in [-0.2, -0.15) is 0 Å². The van der Waals surface area contributed by atoms with Crippen molar-refractivity contribution >= 4 is 27.7 Å². The lowest BCUT2D eigenvalue weighted by Gasteiger charge is -2.22. The molecule has 4 nitrogen and oxygen atoms in total. The van der Waals surface area contributed by atoms with E-state index in [4.69, 9.17) is 0 Å². The highest BCUT2D eigenvalue weighted by molar-refractivity contribution is 9.10. The Morgan fingerprint density at radius 1 is 1.10 bits per heavy atom. The van der Waals surface area contributed by atoms with Crippen molar-refractivity contribution in [1.29, 1.82) is 0 Å². The molecule has 2 rings (SSSR count). The van der Waals surface area contributed by atoms with Crippen LogP contribution < -0.4 is 0 Å². The molecule has 0 radical (unpaired) electrons. The number of hydrogen-bond acceptors (Lipinski definition) is 2. The van der Waals surface area contributed by atoms with E-state index >= 15 is 0 Å². The van der Waals surface area contributed by atoms with E-state index in [-0.39, 0.29) is 11.8 Å². The first-order chi connectivity index (χ1) is 9.49. The molecule has 0 spiro atoms. The molecule has 0 saturated carbocycles. The minimum absolute atomic E-state index is 0.0299. The Bertz CT molecular complexity index is 531. The molecule has 1 aliphatic heterocycles. The minimum atomic E-state index is 0.0299. The van der Waals surface area contributed by atoms with E-state index in [1.54, 1.807) is 11.8 Å². The number of rotatable bonds is 1. The lowest BCUT2D eigenvalue weighted by Crippen LogP contribution is -2.36. The summed E-state index contributed by atoms with van der Waals surface area (Å²) in [5.41, 5.74) is 1.80. The number of aryl methyl sites for hydroxylation is 1. The molecule has 20 heavy (non-hydrogen) atoms. The molecule has 0 bridgehead atoms. The highest BCUT2D eigenvalue weighted by Crippen LogP contribution is 2.20. The van der Waals surface area contributed by atoms with Gasteiger partial charge in [-0.25, -0.2) is 0 Å². The molecular formula is C15H19BrN2O2. The summed E-state index contributed by atoms with van der Waals surface area (Å²) >= 11 is 3.46. The van der Waals surface area contributed by atoms with Crippen molar-refractivity contribution in [2.75, 3.05) is 26.2 Å². The van der Waals surface area contributed by atoms with Crippen LogP contribution in [0.3, 0.4) is 0 Å². The third-order valence-electron chi connectivity index (χ3n) is 3.58. The van der Waals surface area contributed by atoms with Gasteiger partial charge in [0.05, 0.1) is 5.56 Å². The number of hydrogen-bond donors (Lipinski definition) is 0. The van der Waals surface area contributed by atoms with Crippen molar-refractivity contribution in [3.63, 3.8) is 0 Å². The first-order valence-electron chi connectivity index (χ1n) is 6.80. The van der Waals surface area contributed by atoms with Gasteiger partial charge in [0.1, 0.15) is 0 Å². The molecule has 0 atom stereocenters. The maximum atomic E-state index is 12.6. The Labute approximate surface area is 127 Å². The van der Waals surface area contributed by atoms with Crippen LogP contribution >= 0.6 is 15.9 Å². The smallest absolute Gasteiger partial charge is 0.255 e. The molecule has 0 aromatic heterocycles. The molecule has 1 aromatic carbocycles. The Morgan fingerprint density at radius 3 is 2.40 bits per heavy atom. The van der Waals surface area contributed by atoms with E-state index in [0.717, 1.165) is 23.0 Å². The van der Waals surface area contributed by atoms with Crippen molar-refractivity contribution < 1.29 is 9.59 Å². The minimum Gasteiger partial charge on any atom is -0.341 e. The van der Waals surface area contributed by atoms with Crippen LogP contribution in [0, 0.1) is 6.92 Å². The molecule has 1 heterocycles. The number of nitrogens with zero attached hydrogens (tertiary/aromatic N) is 2. The molecular weight excluding hydrogens is 320 g/mol. The van der Waals surface area contributed by atoms with E-state index in [1.807, 2.05) is 30.0 Å². The third kappa shape index (κ3) is 3.39. The van der Waals surface area contributed by atoms with Gasteiger partial charge in [0.25, 0.3) is 5.91 Å². The van der Waals surface area contributed by atoms with Gasteiger partial charge < -0.3 is 9.80 Å².